The fourth-order valence-corrected chi connectivity index (χ4v) is 1.96. The fraction of sp³-hybridized carbons (Fsp3) is 0.412. The van der Waals surface area contributed by atoms with Crippen molar-refractivity contribution in [3.8, 4) is 0 Å². The quantitative estimate of drug-likeness (QED) is 0.790. The molecule has 0 fully saturated rings. The summed E-state index contributed by atoms with van der Waals surface area (Å²) in [6, 6.07) is 6.93. The number of hydrogen-bond donors (Lipinski definition) is 2. The first-order chi connectivity index (χ1) is 10.2. The van der Waals surface area contributed by atoms with Crippen LogP contribution in [0, 0.1) is 0 Å². The maximum atomic E-state index is 11.6. The number of amides is 1. The maximum absolute atomic E-state index is 11.6. The second kappa shape index (κ2) is 7.64. The molecule has 0 aliphatic carbocycles. The Bertz CT molecular complexity index is 529. The van der Waals surface area contributed by atoms with Gasteiger partial charge in [-0.05, 0) is 16.5 Å². The number of hydrogen-bond acceptors (Lipinski definition) is 3. The normalized spacial score (nSPS) is 12.3. The second-order valence-corrected chi connectivity index (χ2v) is 6.05. The Balaban J connectivity index is 2.89. The topological polar surface area (TPSA) is 75.6 Å². The van der Waals surface area contributed by atoms with E-state index in [0.29, 0.717) is 0 Å². The monoisotopic (exact) mass is 305 g/mol. The van der Waals surface area contributed by atoms with Gasteiger partial charge >= 0.3 is 12.1 Å². The molecular formula is C17H23NO4. The summed E-state index contributed by atoms with van der Waals surface area (Å²) < 4.78 is 4.84. The Hall–Kier alpha value is -2.30. The first-order valence-electron chi connectivity index (χ1n) is 7.10. The minimum atomic E-state index is -0.992. The van der Waals surface area contributed by atoms with Crippen LogP contribution in [-0.4, -0.2) is 23.8 Å². The predicted octanol–water partition coefficient (Wildman–Crippen LogP) is 3.41. The Morgan fingerprint density at radius 3 is 2.36 bits per heavy atom. The molecule has 0 bridgehead atoms. The van der Waals surface area contributed by atoms with E-state index in [1.54, 1.807) is 0 Å². The number of nitrogens with one attached hydrogen (secondary N) is 1. The highest BCUT2D eigenvalue weighted by atomic mass is 16.5. The molecule has 1 atom stereocenters. The lowest BCUT2D eigenvalue weighted by atomic mass is 9.86. The van der Waals surface area contributed by atoms with Crippen molar-refractivity contribution in [2.45, 2.75) is 38.6 Å². The van der Waals surface area contributed by atoms with Gasteiger partial charge in [0.15, 0.2) is 0 Å². The summed E-state index contributed by atoms with van der Waals surface area (Å²) >= 11 is 0. The molecule has 22 heavy (non-hydrogen) atoms. The summed E-state index contributed by atoms with van der Waals surface area (Å²) in [7, 11) is 0. The number of carboxylic acid groups (broad SMARTS) is 1. The summed E-state index contributed by atoms with van der Waals surface area (Å²) in [5.41, 5.74) is 1.88. The van der Waals surface area contributed by atoms with Crippen molar-refractivity contribution in [1.29, 1.82) is 0 Å². The minimum Gasteiger partial charge on any atom is -0.481 e. The number of aliphatic carboxylic acids is 1. The summed E-state index contributed by atoms with van der Waals surface area (Å²) in [5, 5.41) is 11.6. The van der Waals surface area contributed by atoms with E-state index in [0.717, 1.165) is 11.1 Å². The first kappa shape index (κ1) is 17.8. The van der Waals surface area contributed by atoms with Crippen LogP contribution in [0.5, 0.6) is 0 Å². The van der Waals surface area contributed by atoms with Gasteiger partial charge in [-0.15, -0.1) is 0 Å². The highest BCUT2D eigenvalue weighted by Crippen LogP contribution is 2.25. The molecule has 0 heterocycles. The molecule has 0 aliphatic rings. The van der Waals surface area contributed by atoms with E-state index < -0.39 is 18.1 Å². The number of benzene rings is 1. The van der Waals surface area contributed by atoms with E-state index in [1.807, 2.05) is 24.3 Å². The molecule has 0 radical (unpaired) electrons. The van der Waals surface area contributed by atoms with Crippen molar-refractivity contribution >= 4 is 12.1 Å². The van der Waals surface area contributed by atoms with Gasteiger partial charge in [0.2, 0.25) is 0 Å². The third-order valence-corrected chi connectivity index (χ3v) is 3.18. The van der Waals surface area contributed by atoms with Crippen molar-refractivity contribution in [2.24, 2.45) is 0 Å². The standard InChI is InChI=1S/C17H23NO4/c1-5-10-22-16(21)18-14(11-15(19)20)12-6-8-13(9-7-12)17(2,3)4/h5-9,14H,1,10-11H2,2-4H3,(H,18,21)(H,19,20). The van der Waals surface area contributed by atoms with Crippen LogP contribution in [0.1, 0.15) is 44.4 Å². The van der Waals surface area contributed by atoms with Gasteiger partial charge in [0.25, 0.3) is 0 Å². The lowest BCUT2D eigenvalue weighted by molar-refractivity contribution is -0.137. The average molecular weight is 305 g/mol. The van der Waals surface area contributed by atoms with Crippen molar-refractivity contribution in [2.75, 3.05) is 6.61 Å². The van der Waals surface area contributed by atoms with Gasteiger partial charge in [0.05, 0.1) is 12.5 Å². The smallest absolute Gasteiger partial charge is 0.407 e. The van der Waals surface area contributed by atoms with E-state index in [-0.39, 0.29) is 18.4 Å². The van der Waals surface area contributed by atoms with Crippen molar-refractivity contribution in [1.82, 2.24) is 5.32 Å². The predicted molar refractivity (Wildman–Crippen MR) is 84.8 cm³/mol. The molecule has 1 aromatic carbocycles. The van der Waals surface area contributed by atoms with Gasteiger partial charge in [0, 0.05) is 0 Å². The van der Waals surface area contributed by atoms with Crippen LogP contribution in [-0.2, 0) is 14.9 Å². The highest BCUT2D eigenvalue weighted by Gasteiger charge is 2.20. The van der Waals surface area contributed by atoms with Crippen LogP contribution in [0.3, 0.4) is 0 Å². The number of carbonyl (C=O) groups excluding carboxylic acids is 1. The molecule has 2 N–H and O–H groups in total. The molecule has 5 heteroatoms. The summed E-state index contributed by atoms with van der Waals surface area (Å²) in [6.07, 6.45) is 0.577. The molecule has 1 amide bonds. The molecule has 0 saturated carbocycles. The SMILES string of the molecule is C=CCOC(=O)NC(CC(=O)O)c1ccc(C(C)(C)C)cc1. The van der Waals surface area contributed by atoms with Gasteiger partial charge in [-0.3, -0.25) is 4.79 Å². The molecule has 120 valence electrons. The van der Waals surface area contributed by atoms with Crippen LogP contribution < -0.4 is 5.32 Å². The van der Waals surface area contributed by atoms with Gasteiger partial charge in [-0.25, -0.2) is 4.79 Å². The molecule has 0 aliphatic heterocycles. The molecule has 0 spiro atoms. The lowest BCUT2D eigenvalue weighted by Gasteiger charge is -2.21. The molecule has 1 aromatic rings. The third kappa shape index (κ3) is 5.60. The second-order valence-electron chi connectivity index (χ2n) is 6.05. The van der Waals surface area contributed by atoms with E-state index in [1.165, 1.54) is 6.08 Å². The molecule has 1 rings (SSSR count). The first-order valence-corrected chi connectivity index (χ1v) is 7.10. The van der Waals surface area contributed by atoms with Crippen LogP contribution in [0.25, 0.3) is 0 Å². The fourth-order valence-electron chi connectivity index (χ4n) is 1.96. The average Bonchev–Trinajstić information content (AvgIpc) is 2.43. The van der Waals surface area contributed by atoms with Gasteiger partial charge in [-0.1, -0.05) is 57.7 Å². The van der Waals surface area contributed by atoms with Gasteiger partial charge in [-0.2, -0.15) is 0 Å². The molecular weight excluding hydrogens is 282 g/mol. The third-order valence-electron chi connectivity index (χ3n) is 3.18. The zero-order valence-electron chi connectivity index (χ0n) is 13.3. The van der Waals surface area contributed by atoms with E-state index in [4.69, 9.17) is 9.84 Å². The van der Waals surface area contributed by atoms with E-state index >= 15 is 0 Å². The minimum absolute atomic E-state index is 0.0111. The lowest BCUT2D eigenvalue weighted by Crippen LogP contribution is -2.30. The summed E-state index contributed by atoms with van der Waals surface area (Å²) in [4.78, 5) is 22.6. The van der Waals surface area contributed by atoms with E-state index in [9.17, 15) is 9.59 Å². The Morgan fingerprint density at radius 1 is 1.32 bits per heavy atom. The summed E-state index contributed by atoms with van der Waals surface area (Å²) in [5.74, 6) is -0.992. The van der Waals surface area contributed by atoms with Crippen LogP contribution >= 0.6 is 0 Å². The number of ether oxygens (including phenoxy) is 1. The number of alkyl carbamates (subject to hydrolysis) is 1. The number of carboxylic acids is 1. The van der Waals surface area contributed by atoms with Gasteiger partial charge < -0.3 is 15.2 Å². The molecule has 0 saturated heterocycles. The molecule has 0 aromatic heterocycles. The van der Waals surface area contributed by atoms with Crippen LogP contribution in [0.15, 0.2) is 36.9 Å². The maximum Gasteiger partial charge on any atom is 0.407 e. The largest absolute Gasteiger partial charge is 0.481 e. The number of rotatable bonds is 6. The highest BCUT2D eigenvalue weighted by molar-refractivity contribution is 5.72. The summed E-state index contributed by atoms with van der Waals surface area (Å²) in [6.45, 7) is 9.83. The van der Waals surface area contributed by atoms with Crippen molar-refractivity contribution < 1.29 is 19.4 Å². The van der Waals surface area contributed by atoms with Crippen molar-refractivity contribution in [3.05, 3.63) is 48.0 Å². The zero-order valence-corrected chi connectivity index (χ0v) is 13.3. The van der Waals surface area contributed by atoms with E-state index in [2.05, 4.69) is 32.7 Å². The molecule has 1 unspecified atom stereocenters. The van der Waals surface area contributed by atoms with Gasteiger partial charge in [0.1, 0.15) is 6.61 Å². The zero-order chi connectivity index (χ0) is 16.8. The van der Waals surface area contributed by atoms with Crippen LogP contribution in [0.2, 0.25) is 0 Å². The number of carbonyl (C=O) groups is 2. The molecule has 5 nitrogen and oxygen atoms in total. The van der Waals surface area contributed by atoms with Crippen LogP contribution in [0.4, 0.5) is 4.79 Å². The Kier molecular flexibility index (Phi) is 6.16. The Labute approximate surface area is 131 Å². The van der Waals surface area contributed by atoms with Crippen molar-refractivity contribution in [3.63, 3.8) is 0 Å². The Morgan fingerprint density at radius 2 is 1.91 bits per heavy atom.